The van der Waals surface area contributed by atoms with Crippen molar-refractivity contribution in [1.82, 2.24) is 4.90 Å². The highest BCUT2D eigenvalue weighted by Crippen LogP contribution is 2.30. The summed E-state index contributed by atoms with van der Waals surface area (Å²) >= 11 is 12.0. The van der Waals surface area contributed by atoms with Crippen LogP contribution in [0, 0.1) is 11.8 Å². The second kappa shape index (κ2) is 7.67. The van der Waals surface area contributed by atoms with Gasteiger partial charge in [0, 0.05) is 31.9 Å². The van der Waals surface area contributed by atoms with Crippen LogP contribution in [0.2, 0.25) is 10.0 Å². The summed E-state index contributed by atoms with van der Waals surface area (Å²) in [5.74, 6) is -2.02. The van der Waals surface area contributed by atoms with Crippen molar-refractivity contribution in [1.29, 1.82) is 0 Å². The predicted molar refractivity (Wildman–Crippen MR) is 98.2 cm³/mol. The van der Waals surface area contributed by atoms with Crippen LogP contribution in [-0.2, 0) is 9.59 Å². The molecule has 5 nitrogen and oxygen atoms in total. The van der Waals surface area contributed by atoms with Gasteiger partial charge in [-0.15, -0.1) is 0 Å². The predicted octanol–water partition coefficient (Wildman–Crippen LogP) is 3.31. The van der Waals surface area contributed by atoms with Crippen molar-refractivity contribution in [2.75, 3.05) is 31.1 Å². The summed E-state index contributed by atoms with van der Waals surface area (Å²) in [7, 11) is 0. The number of hydrogen-bond donors (Lipinski definition) is 1. The highest BCUT2D eigenvalue weighted by molar-refractivity contribution is 6.42. The smallest absolute Gasteiger partial charge is 0.307 e. The normalized spacial score (nSPS) is 23.6. The Labute approximate surface area is 156 Å². The van der Waals surface area contributed by atoms with E-state index >= 15 is 0 Å². The molecule has 1 aromatic carbocycles. The Morgan fingerprint density at radius 2 is 1.60 bits per heavy atom. The Morgan fingerprint density at radius 1 is 0.960 bits per heavy atom. The Hall–Kier alpha value is -1.72. The lowest BCUT2D eigenvalue weighted by Gasteiger charge is -2.38. The van der Waals surface area contributed by atoms with Crippen LogP contribution in [0.25, 0.3) is 0 Å². The average molecular weight is 383 g/mol. The topological polar surface area (TPSA) is 60.9 Å². The quantitative estimate of drug-likeness (QED) is 0.814. The van der Waals surface area contributed by atoms with Crippen LogP contribution in [0.5, 0.6) is 0 Å². The fourth-order valence-electron chi connectivity index (χ4n) is 3.46. The minimum atomic E-state index is -0.892. The molecule has 2 unspecified atom stereocenters. The maximum absolute atomic E-state index is 12.8. The van der Waals surface area contributed by atoms with Gasteiger partial charge in [-0.25, -0.2) is 0 Å². The second-order valence-corrected chi connectivity index (χ2v) is 7.22. The molecule has 1 aliphatic heterocycles. The summed E-state index contributed by atoms with van der Waals surface area (Å²) in [4.78, 5) is 28.1. The van der Waals surface area contributed by atoms with Gasteiger partial charge < -0.3 is 14.9 Å². The zero-order valence-electron chi connectivity index (χ0n) is 13.7. The van der Waals surface area contributed by atoms with Gasteiger partial charge in [-0.05, 0) is 31.0 Å². The lowest BCUT2D eigenvalue weighted by atomic mass is 9.82. The molecule has 1 amide bonds. The molecule has 0 aromatic heterocycles. The summed E-state index contributed by atoms with van der Waals surface area (Å²) < 4.78 is 0. The lowest BCUT2D eigenvalue weighted by molar-refractivity contribution is -0.150. The number of piperazine rings is 1. The SMILES string of the molecule is O=C(O)C1CC=CCC1C(=O)N1CCN(c2ccc(Cl)c(Cl)c2)CC1. The van der Waals surface area contributed by atoms with Gasteiger partial charge in [-0.3, -0.25) is 9.59 Å². The molecule has 2 atom stereocenters. The number of carboxylic acids is 1. The zero-order valence-corrected chi connectivity index (χ0v) is 15.2. The molecule has 7 heteroatoms. The van der Waals surface area contributed by atoms with Crippen LogP contribution < -0.4 is 4.90 Å². The van der Waals surface area contributed by atoms with Crippen LogP contribution in [0.15, 0.2) is 30.4 Å². The first-order valence-electron chi connectivity index (χ1n) is 8.34. The fraction of sp³-hybridized carbons (Fsp3) is 0.444. The summed E-state index contributed by atoms with van der Waals surface area (Å²) in [6, 6.07) is 5.51. The highest BCUT2D eigenvalue weighted by Gasteiger charge is 2.37. The van der Waals surface area contributed by atoms with Gasteiger partial charge in [0.25, 0.3) is 0 Å². The van der Waals surface area contributed by atoms with Crippen molar-refractivity contribution >= 4 is 40.8 Å². The highest BCUT2D eigenvalue weighted by atomic mass is 35.5. The van der Waals surface area contributed by atoms with Crippen molar-refractivity contribution < 1.29 is 14.7 Å². The number of benzene rings is 1. The van der Waals surface area contributed by atoms with E-state index in [4.69, 9.17) is 23.2 Å². The standard InChI is InChI=1S/C18H20Cl2N2O3/c19-15-6-5-12(11-16(15)20)21-7-9-22(10-8-21)17(23)13-3-1-2-4-14(13)18(24)25/h1-2,5-6,11,13-14H,3-4,7-10H2,(H,24,25). The zero-order chi connectivity index (χ0) is 18.0. The maximum atomic E-state index is 12.8. The molecule has 1 saturated heterocycles. The van der Waals surface area contributed by atoms with Gasteiger partial charge in [-0.1, -0.05) is 35.4 Å². The molecule has 25 heavy (non-hydrogen) atoms. The molecule has 3 rings (SSSR count). The lowest BCUT2D eigenvalue weighted by Crippen LogP contribution is -2.52. The van der Waals surface area contributed by atoms with E-state index in [0.29, 0.717) is 49.1 Å². The van der Waals surface area contributed by atoms with Crippen molar-refractivity contribution in [2.24, 2.45) is 11.8 Å². The molecule has 0 bridgehead atoms. The number of amides is 1. The van der Waals surface area contributed by atoms with E-state index < -0.39 is 17.8 Å². The third-order valence-corrected chi connectivity index (χ3v) is 5.67. The number of carbonyl (C=O) groups is 2. The van der Waals surface area contributed by atoms with E-state index in [2.05, 4.69) is 4.90 Å². The number of hydrogen-bond acceptors (Lipinski definition) is 3. The van der Waals surface area contributed by atoms with Crippen LogP contribution in [0.4, 0.5) is 5.69 Å². The number of carbonyl (C=O) groups excluding carboxylic acids is 1. The molecule has 1 fully saturated rings. The molecule has 1 heterocycles. The van der Waals surface area contributed by atoms with E-state index in [1.54, 1.807) is 11.0 Å². The average Bonchev–Trinajstić information content (AvgIpc) is 2.63. The molecule has 1 aliphatic carbocycles. The number of aliphatic carboxylic acids is 1. The first-order chi connectivity index (χ1) is 12.0. The van der Waals surface area contributed by atoms with E-state index in [-0.39, 0.29) is 5.91 Å². The van der Waals surface area contributed by atoms with E-state index in [0.717, 1.165) is 5.69 Å². The molecule has 0 radical (unpaired) electrons. The first kappa shape index (κ1) is 18.1. The van der Waals surface area contributed by atoms with Crippen molar-refractivity contribution in [3.63, 3.8) is 0 Å². The summed E-state index contributed by atoms with van der Waals surface area (Å²) in [5.41, 5.74) is 0.977. The number of nitrogens with zero attached hydrogens (tertiary/aromatic N) is 2. The minimum absolute atomic E-state index is 0.0504. The van der Waals surface area contributed by atoms with Crippen LogP contribution >= 0.6 is 23.2 Å². The number of anilines is 1. The van der Waals surface area contributed by atoms with Crippen molar-refractivity contribution in [3.8, 4) is 0 Å². The Bertz CT molecular complexity index is 700. The monoisotopic (exact) mass is 382 g/mol. The van der Waals surface area contributed by atoms with Gasteiger partial charge >= 0.3 is 5.97 Å². The van der Waals surface area contributed by atoms with Crippen LogP contribution in [-0.4, -0.2) is 48.1 Å². The summed E-state index contributed by atoms with van der Waals surface area (Å²) in [5, 5.41) is 10.4. The van der Waals surface area contributed by atoms with E-state index in [1.807, 2.05) is 24.3 Å². The summed E-state index contributed by atoms with van der Waals surface area (Å²) in [6.45, 7) is 2.52. The van der Waals surface area contributed by atoms with Gasteiger partial charge in [0.2, 0.25) is 5.91 Å². The van der Waals surface area contributed by atoms with Crippen LogP contribution in [0.3, 0.4) is 0 Å². The number of carboxylic acid groups (broad SMARTS) is 1. The number of allylic oxidation sites excluding steroid dienone is 2. The second-order valence-electron chi connectivity index (χ2n) is 6.40. The molecule has 0 spiro atoms. The molecule has 134 valence electrons. The molecule has 1 N–H and O–H groups in total. The molecular formula is C18H20Cl2N2O3. The van der Waals surface area contributed by atoms with Crippen molar-refractivity contribution in [2.45, 2.75) is 12.8 Å². The Kier molecular flexibility index (Phi) is 5.54. The number of rotatable bonds is 3. The van der Waals surface area contributed by atoms with E-state index in [1.165, 1.54) is 0 Å². The molecule has 1 aromatic rings. The molecular weight excluding hydrogens is 363 g/mol. The molecule has 0 saturated carbocycles. The van der Waals surface area contributed by atoms with Gasteiger partial charge in [0.15, 0.2) is 0 Å². The Morgan fingerprint density at radius 3 is 2.20 bits per heavy atom. The van der Waals surface area contributed by atoms with Gasteiger partial charge in [0.1, 0.15) is 0 Å². The minimum Gasteiger partial charge on any atom is -0.481 e. The Balaban J connectivity index is 1.63. The first-order valence-corrected chi connectivity index (χ1v) is 9.09. The van der Waals surface area contributed by atoms with E-state index in [9.17, 15) is 14.7 Å². The maximum Gasteiger partial charge on any atom is 0.307 e. The number of halogens is 2. The third kappa shape index (κ3) is 3.93. The van der Waals surface area contributed by atoms with Crippen molar-refractivity contribution in [3.05, 3.63) is 40.4 Å². The largest absolute Gasteiger partial charge is 0.481 e. The van der Waals surface area contributed by atoms with Gasteiger partial charge in [-0.2, -0.15) is 0 Å². The fourth-order valence-corrected chi connectivity index (χ4v) is 3.75. The third-order valence-electron chi connectivity index (χ3n) is 4.93. The summed E-state index contributed by atoms with van der Waals surface area (Å²) in [6.07, 6.45) is 4.69. The molecule has 2 aliphatic rings. The van der Waals surface area contributed by atoms with Gasteiger partial charge in [0.05, 0.1) is 21.9 Å². The van der Waals surface area contributed by atoms with Crippen LogP contribution in [0.1, 0.15) is 12.8 Å².